The van der Waals surface area contributed by atoms with E-state index in [9.17, 15) is 0 Å². The lowest BCUT2D eigenvalue weighted by Gasteiger charge is -2.05. The number of hydrogen-bond donors (Lipinski definition) is 2. The molecular weight excluding hydrogens is 176 g/mol. The predicted molar refractivity (Wildman–Crippen MR) is 55.9 cm³/mol. The monoisotopic (exact) mass is 188 g/mol. The molecule has 2 aromatic carbocycles. The number of hydrogen-bond acceptors (Lipinski definition) is 2. The first-order valence-corrected chi connectivity index (χ1v) is 4.53. The summed E-state index contributed by atoms with van der Waals surface area (Å²) in [6, 6.07) is 11.5. The van der Waals surface area contributed by atoms with Crippen LogP contribution in [0.4, 0.5) is 0 Å². The molecule has 0 saturated carbocycles. The van der Waals surface area contributed by atoms with Crippen molar-refractivity contribution >= 4 is 10.8 Å². The van der Waals surface area contributed by atoms with Gasteiger partial charge in [-0.25, -0.2) is 0 Å². The highest BCUT2D eigenvalue weighted by Crippen LogP contribution is 2.20. The molecule has 0 aliphatic heterocycles. The van der Waals surface area contributed by atoms with Gasteiger partial charge in [0, 0.05) is 5.56 Å². The third-order valence-electron chi connectivity index (χ3n) is 2.32. The lowest BCUT2D eigenvalue weighted by Crippen LogP contribution is -1.93. The molecule has 2 heteroatoms. The van der Waals surface area contributed by atoms with E-state index in [4.69, 9.17) is 10.2 Å². The Hall–Kier alpha value is -1.38. The summed E-state index contributed by atoms with van der Waals surface area (Å²) in [7, 11) is 0. The van der Waals surface area contributed by atoms with Gasteiger partial charge in [-0.1, -0.05) is 35.9 Å². The number of aliphatic hydroxyl groups excluding tert-OH is 1. The number of aliphatic hydroxyl groups is 2. The van der Waals surface area contributed by atoms with E-state index in [2.05, 4.69) is 0 Å². The maximum absolute atomic E-state index is 9.01. The summed E-state index contributed by atoms with van der Waals surface area (Å²) in [5.74, 6) is 0. The van der Waals surface area contributed by atoms with Gasteiger partial charge < -0.3 is 10.2 Å². The Bertz CT molecular complexity index is 461. The van der Waals surface area contributed by atoms with Crippen molar-refractivity contribution in [1.82, 2.24) is 0 Å². The average molecular weight is 188 g/mol. The van der Waals surface area contributed by atoms with E-state index in [1.54, 1.807) is 12.1 Å². The fourth-order valence-electron chi connectivity index (χ4n) is 1.55. The molecule has 0 spiro atoms. The van der Waals surface area contributed by atoms with Crippen molar-refractivity contribution in [2.75, 3.05) is 0 Å². The summed E-state index contributed by atoms with van der Waals surface area (Å²) in [5, 5.41) is 20.2. The van der Waals surface area contributed by atoms with Crippen molar-refractivity contribution in [2.45, 2.75) is 13.2 Å². The Labute approximate surface area is 82.4 Å². The molecule has 0 heterocycles. The van der Waals surface area contributed by atoms with Crippen LogP contribution in [0.3, 0.4) is 0 Å². The molecule has 0 amide bonds. The smallest absolute Gasteiger partial charge is 0.178 e. The Morgan fingerprint density at radius 2 is 1.64 bits per heavy atom. The van der Waals surface area contributed by atoms with E-state index < -0.39 is 6.29 Å². The van der Waals surface area contributed by atoms with Crippen LogP contribution in [-0.2, 0) is 0 Å². The largest absolute Gasteiger partial charge is 0.364 e. The molecule has 0 aliphatic carbocycles. The molecule has 0 bridgehead atoms. The minimum atomic E-state index is -1.39. The lowest BCUT2D eigenvalue weighted by molar-refractivity contribution is -0.0423. The molecule has 0 unspecified atom stereocenters. The van der Waals surface area contributed by atoms with Crippen molar-refractivity contribution in [2.24, 2.45) is 0 Å². The third-order valence-corrected chi connectivity index (χ3v) is 2.32. The summed E-state index contributed by atoms with van der Waals surface area (Å²) < 4.78 is 0. The first-order valence-electron chi connectivity index (χ1n) is 4.53. The predicted octanol–water partition coefficient (Wildman–Crippen LogP) is 2.13. The lowest BCUT2D eigenvalue weighted by atomic mass is 10.0. The third kappa shape index (κ3) is 1.62. The molecule has 72 valence electrons. The van der Waals surface area contributed by atoms with Crippen LogP contribution in [-0.4, -0.2) is 10.2 Å². The Morgan fingerprint density at radius 3 is 2.36 bits per heavy atom. The van der Waals surface area contributed by atoms with E-state index >= 15 is 0 Å². The van der Waals surface area contributed by atoms with Gasteiger partial charge in [0.2, 0.25) is 0 Å². The molecule has 2 N–H and O–H groups in total. The quantitative estimate of drug-likeness (QED) is 0.673. The van der Waals surface area contributed by atoms with Gasteiger partial charge in [0.25, 0.3) is 0 Å². The summed E-state index contributed by atoms with van der Waals surface area (Å²) in [5.41, 5.74) is 1.70. The minimum absolute atomic E-state index is 0.531. The molecule has 0 radical (unpaired) electrons. The van der Waals surface area contributed by atoms with Gasteiger partial charge in [-0.05, 0) is 23.8 Å². The highest BCUT2D eigenvalue weighted by molar-refractivity contribution is 5.83. The van der Waals surface area contributed by atoms with Gasteiger partial charge >= 0.3 is 0 Å². The highest BCUT2D eigenvalue weighted by atomic mass is 16.5. The Kier molecular flexibility index (Phi) is 2.23. The van der Waals surface area contributed by atoms with E-state index in [1.165, 1.54) is 5.56 Å². The summed E-state index contributed by atoms with van der Waals surface area (Å²) >= 11 is 0. The zero-order chi connectivity index (χ0) is 10.1. The van der Waals surface area contributed by atoms with Crippen LogP contribution in [0.5, 0.6) is 0 Å². The second-order valence-corrected chi connectivity index (χ2v) is 3.48. The maximum Gasteiger partial charge on any atom is 0.178 e. The zero-order valence-electron chi connectivity index (χ0n) is 7.94. The van der Waals surface area contributed by atoms with Crippen molar-refractivity contribution in [3.63, 3.8) is 0 Å². The minimum Gasteiger partial charge on any atom is -0.364 e. The molecule has 0 saturated heterocycles. The fourth-order valence-corrected chi connectivity index (χ4v) is 1.55. The first kappa shape index (κ1) is 9.19. The van der Waals surface area contributed by atoms with Crippen LogP contribution in [0.1, 0.15) is 17.4 Å². The van der Waals surface area contributed by atoms with Gasteiger partial charge in [0.15, 0.2) is 6.29 Å². The summed E-state index contributed by atoms with van der Waals surface area (Å²) in [4.78, 5) is 0. The molecule has 14 heavy (non-hydrogen) atoms. The zero-order valence-corrected chi connectivity index (χ0v) is 7.94. The van der Waals surface area contributed by atoms with E-state index in [0.29, 0.717) is 5.56 Å². The normalized spacial score (nSPS) is 11.1. The van der Waals surface area contributed by atoms with Crippen molar-refractivity contribution in [3.05, 3.63) is 47.5 Å². The van der Waals surface area contributed by atoms with Crippen molar-refractivity contribution in [3.8, 4) is 0 Å². The summed E-state index contributed by atoms with van der Waals surface area (Å²) in [6.45, 7) is 2.02. The van der Waals surface area contributed by atoms with Crippen LogP contribution in [0.15, 0.2) is 36.4 Å². The van der Waals surface area contributed by atoms with Crippen molar-refractivity contribution < 1.29 is 10.2 Å². The van der Waals surface area contributed by atoms with Crippen LogP contribution in [0.2, 0.25) is 0 Å². The maximum atomic E-state index is 9.01. The number of aryl methyl sites for hydroxylation is 1. The second-order valence-electron chi connectivity index (χ2n) is 3.48. The molecule has 2 rings (SSSR count). The first-order chi connectivity index (χ1) is 6.66. The number of rotatable bonds is 1. The van der Waals surface area contributed by atoms with Crippen LogP contribution < -0.4 is 0 Å². The topological polar surface area (TPSA) is 40.5 Å². The fraction of sp³-hybridized carbons (Fsp3) is 0.167. The van der Waals surface area contributed by atoms with Gasteiger partial charge in [-0.15, -0.1) is 0 Å². The molecule has 0 aliphatic rings. The van der Waals surface area contributed by atoms with Gasteiger partial charge in [-0.2, -0.15) is 0 Å². The molecule has 0 atom stereocenters. The van der Waals surface area contributed by atoms with Crippen molar-refractivity contribution in [1.29, 1.82) is 0 Å². The second kappa shape index (κ2) is 3.40. The molecule has 2 aromatic rings. The Balaban J connectivity index is 2.63. The summed E-state index contributed by atoms with van der Waals surface area (Å²) in [6.07, 6.45) is -1.39. The van der Waals surface area contributed by atoms with E-state index in [-0.39, 0.29) is 0 Å². The van der Waals surface area contributed by atoms with E-state index in [1.807, 2.05) is 31.2 Å². The van der Waals surface area contributed by atoms with Gasteiger partial charge in [0.05, 0.1) is 0 Å². The molecule has 2 nitrogen and oxygen atoms in total. The molecule has 0 aromatic heterocycles. The van der Waals surface area contributed by atoms with Gasteiger partial charge in [0.1, 0.15) is 0 Å². The van der Waals surface area contributed by atoms with Crippen LogP contribution >= 0.6 is 0 Å². The highest BCUT2D eigenvalue weighted by Gasteiger charge is 2.02. The standard InChI is InChI=1S/C12H12O2/c1-8-2-3-9-4-5-10(12(13)14)7-11(9)6-8/h2-7,12-14H,1H3. The number of fused-ring (bicyclic) bond motifs is 1. The molecule has 0 fully saturated rings. The SMILES string of the molecule is Cc1ccc2ccc(C(O)O)cc2c1. The van der Waals surface area contributed by atoms with Gasteiger partial charge in [-0.3, -0.25) is 0 Å². The average Bonchev–Trinajstić information content (AvgIpc) is 2.16. The Morgan fingerprint density at radius 1 is 0.929 bits per heavy atom. The number of benzene rings is 2. The molecular formula is C12H12O2. The van der Waals surface area contributed by atoms with Crippen LogP contribution in [0.25, 0.3) is 10.8 Å². The van der Waals surface area contributed by atoms with E-state index in [0.717, 1.165) is 10.8 Å². The van der Waals surface area contributed by atoms with Crippen LogP contribution in [0, 0.1) is 6.92 Å².